The van der Waals surface area contributed by atoms with Crippen molar-refractivity contribution in [3.05, 3.63) is 64.7 Å². The minimum absolute atomic E-state index is 0.215. The Morgan fingerprint density at radius 3 is 2.20 bits per heavy atom. The number of aryl methyl sites for hydroxylation is 2. The smallest absolute Gasteiger partial charge is 0.335 e. The number of nitrogens with one attached hydrogen (secondary N) is 1. The number of carboxylic acid groups (broad SMARTS) is 1. The first kappa shape index (κ1) is 13.8. The molecule has 2 rings (SSSR count). The highest BCUT2D eigenvalue weighted by molar-refractivity contribution is 6.04. The summed E-state index contributed by atoms with van der Waals surface area (Å²) in [6.45, 7) is 3.65. The molecule has 2 aromatic carbocycles. The van der Waals surface area contributed by atoms with Crippen LogP contribution in [-0.2, 0) is 0 Å². The van der Waals surface area contributed by atoms with Crippen LogP contribution in [-0.4, -0.2) is 17.0 Å². The van der Waals surface area contributed by atoms with Crippen LogP contribution in [0.25, 0.3) is 0 Å². The average Bonchev–Trinajstić information content (AvgIpc) is 2.39. The van der Waals surface area contributed by atoms with Crippen LogP contribution in [0.5, 0.6) is 0 Å². The number of rotatable bonds is 3. The largest absolute Gasteiger partial charge is 0.478 e. The van der Waals surface area contributed by atoms with E-state index in [2.05, 4.69) is 5.32 Å². The number of hydrogen-bond acceptors (Lipinski definition) is 2. The molecule has 4 nitrogen and oxygen atoms in total. The summed E-state index contributed by atoms with van der Waals surface area (Å²) in [4.78, 5) is 22.9. The van der Waals surface area contributed by atoms with Gasteiger partial charge in [-0.3, -0.25) is 4.79 Å². The summed E-state index contributed by atoms with van der Waals surface area (Å²) in [7, 11) is 0. The SMILES string of the molecule is Cc1ccc(C(=O)Nc2ccc(C(=O)O)c(C)c2)cc1. The second-order valence-corrected chi connectivity index (χ2v) is 4.66. The molecule has 20 heavy (non-hydrogen) atoms. The lowest BCUT2D eigenvalue weighted by molar-refractivity contribution is 0.0696. The molecular formula is C16H15NO3. The maximum absolute atomic E-state index is 12.0. The van der Waals surface area contributed by atoms with E-state index < -0.39 is 5.97 Å². The Kier molecular flexibility index (Phi) is 3.84. The van der Waals surface area contributed by atoms with Gasteiger partial charge in [0, 0.05) is 11.3 Å². The number of hydrogen-bond donors (Lipinski definition) is 2. The fourth-order valence-corrected chi connectivity index (χ4v) is 1.89. The minimum Gasteiger partial charge on any atom is -0.478 e. The Morgan fingerprint density at radius 1 is 1.00 bits per heavy atom. The van der Waals surface area contributed by atoms with E-state index >= 15 is 0 Å². The van der Waals surface area contributed by atoms with Gasteiger partial charge in [0.15, 0.2) is 0 Å². The molecule has 1 amide bonds. The molecule has 0 saturated carbocycles. The zero-order valence-electron chi connectivity index (χ0n) is 11.3. The molecule has 0 aromatic heterocycles. The Labute approximate surface area is 117 Å². The standard InChI is InChI=1S/C16H15NO3/c1-10-3-5-12(6-4-10)15(18)17-13-7-8-14(16(19)20)11(2)9-13/h3-9H,1-2H3,(H,17,18)(H,19,20). The van der Waals surface area contributed by atoms with Crippen LogP contribution < -0.4 is 5.32 Å². The Hall–Kier alpha value is -2.62. The van der Waals surface area contributed by atoms with E-state index in [9.17, 15) is 9.59 Å². The number of carbonyl (C=O) groups is 2. The third-order valence-corrected chi connectivity index (χ3v) is 3.03. The van der Waals surface area contributed by atoms with Crippen LogP contribution in [0.4, 0.5) is 5.69 Å². The van der Waals surface area contributed by atoms with Crippen LogP contribution in [0, 0.1) is 13.8 Å². The summed E-state index contributed by atoms with van der Waals surface area (Å²) >= 11 is 0. The van der Waals surface area contributed by atoms with Crippen molar-refractivity contribution in [3.63, 3.8) is 0 Å². The summed E-state index contributed by atoms with van der Waals surface area (Å²) in [5.74, 6) is -1.19. The maximum Gasteiger partial charge on any atom is 0.335 e. The summed E-state index contributed by atoms with van der Waals surface area (Å²) in [5.41, 5.74) is 3.08. The molecule has 0 aliphatic carbocycles. The number of carboxylic acids is 1. The molecule has 0 saturated heterocycles. The first-order chi connectivity index (χ1) is 9.47. The Morgan fingerprint density at radius 2 is 1.65 bits per heavy atom. The molecule has 4 heteroatoms. The Balaban J connectivity index is 2.18. The van der Waals surface area contributed by atoms with Crippen LogP contribution in [0.1, 0.15) is 31.8 Å². The molecule has 0 aliphatic rings. The highest BCUT2D eigenvalue weighted by Crippen LogP contribution is 2.16. The van der Waals surface area contributed by atoms with E-state index in [-0.39, 0.29) is 11.5 Å². The van der Waals surface area contributed by atoms with Gasteiger partial charge >= 0.3 is 5.97 Å². The highest BCUT2D eigenvalue weighted by Gasteiger charge is 2.09. The molecular weight excluding hydrogens is 254 g/mol. The fourth-order valence-electron chi connectivity index (χ4n) is 1.89. The van der Waals surface area contributed by atoms with Gasteiger partial charge in [-0.1, -0.05) is 17.7 Å². The van der Waals surface area contributed by atoms with Crippen molar-refractivity contribution in [3.8, 4) is 0 Å². The van der Waals surface area contributed by atoms with Crippen molar-refractivity contribution >= 4 is 17.6 Å². The summed E-state index contributed by atoms with van der Waals surface area (Å²) in [6.07, 6.45) is 0. The number of anilines is 1. The van der Waals surface area contributed by atoms with Crippen molar-refractivity contribution in [1.29, 1.82) is 0 Å². The van der Waals surface area contributed by atoms with Crippen molar-refractivity contribution in [2.45, 2.75) is 13.8 Å². The molecule has 2 N–H and O–H groups in total. The lowest BCUT2D eigenvalue weighted by atomic mass is 10.1. The van der Waals surface area contributed by atoms with Crippen molar-refractivity contribution in [1.82, 2.24) is 0 Å². The van der Waals surface area contributed by atoms with E-state index in [1.165, 1.54) is 6.07 Å². The molecule has 0 unspecified atom stereocenters. The Bertz CT molecular complexity index is 660. The second-order valence-electron chi connectivity index (χ2n) is 4.66. The number of carbonyl (C=O) groups excluding carboxylic acids is 1. The predicted molar refractivity (Wildman–Crippen MR) is 77.3 cm³/mol. The number of aromatic carboxylic acids is 1. The van der Waals surface area contributed by atoms with Gasteiger partial charge in [-0.2, -0.15) is 0 Å². The molecule has 102 valence electrons. The highest BCUT2D eigenvalue weighted by atomic mass is 16.4. The maximum atomic E-state index is 12.0. The van der Waals surface area contributed by atoms with Gasteiger partial charge < -0.3 is 10.4 Å². The van der Waals surface area contributed by atoms with E-state index in [4.69, 9.17) is 5.11 Å². The first-order valence-electron chi connectivity index (χ1n) is 6.19. The van der Waals surface area contributed by atoms with Gasteiger partial charge in [0.2, 0.25) is 0 Å². The van der Waals surface area contributed by atoms with E-state index in [0.717, 1.165) is 5.56 Å². The predicted octanol–water partition coefficient (Wildman–Crippen LogP) is 3.25. The molecule has 0 bridgehead atoms. The lowest BCUT2D eigenvalue weighted by Gasteiger charge is -2.08. The van der Waals surface area contributed by atoms with Crippen molar-refractivity contribution < 1.29 is 14.7 Å². The van der Waals surface area contributed by atoms with Gasteiger partial charge in [-0.05, 0) is 49.7 Å². The van der Waals surface area contributed by atoms with Crippen LogP contribution in [0.2, 0.25) is 0 Å². The molecule has 0 atom stereocenters. The van der Waals surface area contributed by atoms with Gasteiger partial charge in [0.1, 0.15) is 0 Å². The number of amides is 1. The monoisotopic (exact) mass is 269 g/mol. The van der Waals surface area contributed by atoms with Gasteiger partial charge in [0.25, 0.3) is 5.91 Å². The molecule has 0 radical (unpaired) electrons. The topological polar surface area (TPSA) is 66.4 Å². The molecule has 0 heterocycles. The minimum atomic E-state index is -0.973. The molecule has 0 fully saturated rings. The molecule has 0 aliphatic heterocycles. The zero-order valence-corrected chi connectivity index (χ0v) is 11.3. The van der Waals surface area contributed by atoms with E-state index in [0.29, 0.717) is 16.8 Å². The number of benzene rings is 2. The normalized spacial score (nSPS) is 10.1. The second kappa shape index (κ2) is 5.57. The molecule has 0 spiro atoms. The fraction of sp³-hybridized carbons (Fsp3) is 0.125. The summed E-state index contributed by atoms with van der Waals surface area (Å²) in [6, 6.07) is 12.0. The molecule has 2 aromatic rings. The van der Waals surface area contributed by atoms with Gasteiger partial charge in [0.05, 0.1) is 5.56 Å². The zero-order chi connectivity index (χ0) is 14.7. The third kappa shape index (κ3) is 3.03. The summed E-state index contributed by atoms with van der Waals surface area (Å²) < 4.78 is 0. The van der Waals surface area contributed by atoms with Gasteiger partial charge in [-0.15, -0.1) is 0 Å². The van der Waals surface area contributed by atoms with Crippen molar-refractivity contribution in [2.75, 3.05) is 5.32 Å². The first-order valence-corrected chi connectivity index (χ1v) is 6.19. The van der Waals surface area contributed by atoms with Crippen LogP contribution >= 0.6 is 0 Å². The lowest BCUT2D eigenvalue weighted by Crippen LogP contribution is -2.12. The van der Waals surface area contributed by atoms with Crippen LogP contribution in [0.15, 0.2) is 42.5 Å². The average molecular weight is 269 g/mol. The van der Waals surface area contributed by atoms with Crippen LogP contribution in [0.3, 0.4) is 0 Å². The summed E-state index contributed by atoms with van der Waals surface area (Å²) in [5, 5.41) is 11.7. The van der Waals surface area contributed by atoms with E-state index in [1.807, 2.05) is 19.1 Å². The van der Waals surface area contributed by atoms with E-state index in [1.54, 1.807) is 31.2 Å². The van der Waals surface area contributed by atoms with Gasteiger partial charge in [-0.25, -0.2) is 4.79 Å². The quantitative estimate of drug-likeness (QED) is 0.898. The van der Waals surface area contributed by atoms with Crippen molar-refractivity contribution in [2.24, 2.45) is 0 Å². The third-order valence-electron chi connectivity index (χ3n) is 3.03.